The number of alkyl halides is 1. The summed E-state index contributed by atoms with van der Waals surface area (Å²) in [4.78, 5) is 0. The average Bonchev–Trinajstić information content (AvgIpc) is 2.13. The van der Waals surface area contributed by atoms with Gasteiger partial charge in [-0.3, -0.25) is 0 Å². The van der Waals surface area contributed by atoms with Crippen LogP contribution in [0.1, 0.15) is 46.5 Å². The molecule has 0 heterocycles. The Kier molecular flexibility index (Phi) is 8.07. The maximum atomic E-state index is 5.51. The van der Waals surface area contributed by atoms with E-state index in [1.807, 2.05) is 0 Å². The minimum Gasteiger partial charge on any atom is -0.381 e. The summed E-state index contributed by atoms with van der Waals surface area (Å²) >= 11 is 3.59. The van der Waals surface area contributed by atoms with Gasteiger partial charge in [0, 0.05) is 18.5 Å². The fourth-order valence-corrected chi connectivity index (χ4v) is 1.99. The molecule has 1 atom stereocenters. The molecule has 0 aliphatic heterocycles. The molecule has 0 N–H and O–H groups in total. The van der Waals surface area contributed by atoms with Crippen LogP contribution < -0.4 is 0 Å². The summed E-state index contributed by atoms with van der Waals surface area (Å²) in [6.45, 7) is 8.55. The molecule has 2 heteroatoms. The van der Waals surface area contributed by atoms with Gasteiger partial charge in [-0.1, -0.05) is 43.1 Å². The predicted molar refractivity (Wildman–Crippen MR) is 62.5 cm³/mol. The lowest BCUT2D eigenvalue weighted by Crippen LogP contribution is -2.20. The van der Waals surface area contributed by atoms with Gasteiger partial charge in [-0.2, -0.15) is 0 Å². The lowest BCUT2D eigenvalue weighted by molar-refractivity contribution is 0.103. The molecule has 0 rings (SSSR count). The second-order valence-electron chi connectivity index (χ2n) is 4.06. The Morgan fingerprint density at radius 2 is 1.77 bits per heavy atom. The third-order valence-corrected chi connectivity index (χ3v) is 3.73. The Hall–Kier alpha value is 0.440. The molecule has 1 nitrogen and oxygen atoms in total. The molecule has 0 saturated carbocycles. The number of ether oxygens (including phenoxy) is 1. The van der Waals surface area contributed by atoms with Gasteiger partial charge in [0.15, 0.2) is 0 Å². The zero-order valence-corrected chi connectivity index (χ0v) is 10.8. The molecule has 0 spiro atoms. The first kappa shape index (κ1) is 13.4. The van der Waals surface area contributed by atoms with Gasteiger partial charge in [0.25, 0.3) is 0 Å². The molecule has 0 aromatic carbocycles. The molecule has 0 aliphatic rings. The van der Waals surface area contributed by atoms with Crippen molar-refractivity contribution in [2.75, 3.05) is 18.5 Å². The van der Waals surface area contributed by atoms with Crippen molar-refractivity contribution in [1.29, 1.82) is 0 Å². The zero-order chi connectivity index (χ0) is 10.2. The molecule has 0 saturated heterocycles. The molecule has 0 aliphatic carbocycles. The van der Waals surface area contributed by atoms with Crippen LogP contribution in [0, 0.1) is 5.41 Å². The molecular formula is C11H23BrO. The third kappa shape index (κ3) is 6.50. The molecule has 0 aromatic heterocycles. The summed E-state index contributed by atoms with van der Waals surface area (Å²) in [5, 5.41) is 1.09. The van der Waals surface area contributed by atoms with E-state index < -0.39 is 0 Å². The van der Waals surface area contributed by atoms with E-state index in [0.717, 1.165) is 25.0 Å². The first-order valence-corrected chi connectivity index (χ1v) is 6.44. The molecule has 1 unspecified atom stereocenters. The van der Waals surface area contributed by atoms with Crippen molar-refractivity contribution in [3.05, 3.63) is 0 Å². The molecule has 0 amide bonds. The standard InChI is InChI=1S/C11H23BrO/c1-4-6-11(3,10-12)7-9-13-8-5-2/h4-10H2,1-3H3. The normalized spacial score (nSPS) is 15.7. The van der Waals surface area contributed by atoms with Crippen molar-refractivity contribution in [3.8, 4) is 0 Å². The van der Waals surface area contributed by atoms with Crippen molar-refractivity contribution >= 4 is 15.9 Å². The molecular weight excluding hydrogens is 228 g/mol. The van der Waals surface area contributed by atoms with Gasteiger partial charge in [-0.25, -0.2) is 0 Å². The van der Waals surface area contributed by atoms with E-state index in [2.05, 4.69) is 36.7 Å². The van der Waals surface area contributed by atoms with E-state index in [0.29, 0.717) is 5.41 Å². The van der Waals surface area contributed by atoms with Gasteiger partial charge in [0.1, 0.15) is 0 Å². The van der Waals surface area contributed by atoms with Crippen LogP contribution in [0.25, 0.3) is 0 Å². The number of hydrogen-bond donors (Lipinski definition) is 0. The first-order chi connectivity index (χ1) is 6.18. The van der Waals surface area contributed by atoms with E-state index in [9.17, 15) is 0 Å². The number of hydrogen-bond acceptors (Lipinski definition) is 1. The van der Waals surface area contributed by atoms with Crippen LogP contribution in [0.5, 0.6) is 0 Å². The van der Waals surface area contributed by atoms with Crippen LogP contribution in [0.4, 0.5) is 0 Å². The monoisotopic (exact) mass is 250 g/mol. The van der Waals surface area contributed by atoms with Crippen molar-refractivity contribution in [3.63, 3.8) is 0 Å². The quantitative estimate of drug-likeness (QED) is 0.468. The van der Waals surface area contributed by atoms with E-state index in [1.165, 1.54) is 19.3 Å². The molecule has 80 valence electrons. The predicted octanol–water partition coefficient (Wildman–Crippen LogP) is 4.00. The lowest BCUT2D eigenvalue weighted by atomic mass is 9.85. The summed E-state index contributed by atoms with van der Waals surface area (Å²) < 4.78 is 5.51. The van der Waals surface area contributed by atoms with E-state index in [-0.39, 0.29) is 0 Å². The smallest absolute Gasteiger partial charge is 0.0471 e. The maximum absolute atomic E-state index is 5.51. The fraction of sp³-hybridized carbons (Fsp3) is 1.00. The fourth-order valence-electron chi connectivity index (χ4n) is 1.43. The SMILES string of the molecule is CCCOCCC(C)(CBr)CCC. The van der Waals surface area contributed by atoms with Gasteiger partial charge >= 0.3 is 0 Å². The van der Waals surface area contributed by atoms with Crippen molar-refractivity contribution in [2.45, 2.75) is 46.5 Å². The minimum atomic E-state index is 0.433. The lowest BCUT2D eigenvalue weighted by Gasteiger charge is -2.26. The van der Waals surface area contributed by atoms with Gasteiger partial charge in [0.05, 0.1) is 0 Å². The average molecular weight is 251 g/mol. The molecule has 0 radical (unpaired) electrons. The van der Waals surface area contributed by atoms with Crippen LogP contribution in [0.2, 0.25) is 0 Å². The Bertz CT molecular complexity index is 117. The third-order valence-electron chi connectivity index (χ3n) is 2.37. The minimum absolute atomic E-state index is 0.433. The Morgan fingerprint density at radius 3 is 2.23 bits per heavy atom. The van der Waals surface area contributed by atoms with Crippen molar-refractivity contribution in [1.82, 2.24) is 0 Å². The summed E-state index contributed by atoms with van der Waals surface area (Å²) in [6.07, 6.45) is 4.84. The van der Waals surface area contributed by atoms with Crippen molar-refractivity contribution < 1.29 is 4.74 Å². The van der Waals surface area contributed by atoms with Gasteiger partial charge in [-0.15, -0.1) is 0 Å². The summed E-state index contributed by atoms with van der Waals surface area (Å²) in [6, 6.07) is 0. The van der Waals surface area contributed by atoms with Crippen LogP contribution in [-0.4, -0.2) is 18.5 Å². The van der Waals surface area contributed by atoms with E-state index in [1.54, 1.807) is 0 Å². The van der Waals surface area contributed by atoms with Crippen LogP contribution in [0.3, 0.4) is 0 Å². The highest BCUT2D eigenvalue weighted by molar-refractivity contribution is 9.09. The highest BCUT2D eigenvalue weighted by Crippen LogP contribution is 2.29. The summed E-state index contributed by atoms with van der Waals surface area (Å²) in [5.74, 6) is 0. The highest BCUT2D eigenvalue weighted by Gasteiger charge is 2.21. The Morgan fingerprint density at radius 1 is 1.08 bits per heavy atom. The Balaban J connectivity index is 3.57. The number of rotatable bonds is 8. The van der Waals surface area contributed by atoms with E-state index in [4.69, 9.17) is 4.74 Å². The van der Waals surface area contributed by atoms with Gasteiger partial charge < -0.3 is 4.74 Å². The van der Waals surface area contributed by atoms with Gasteiger partial charge in [-0.05, 0) is 24.7 Å². The van der Waals surface area contributed by atoms with Crippen LogP contribution in [0.15, 0.2) is 0 Å². The highest BCUT2D eigenvalue weighted by atomic mass is 79.9. The second kappa shape index (κ2) is 7.81. The topological polar surface area (TPSA) is 9.23 Å². The van der Waals surface area contributed by atoms with Crippen molar-refractivity contribution in [2.24, 2.45) is 5.41 Å². The largest absolute Gasteiger partial charge is 0.381 e. The van der Waals surface area contributed by atoms with E-state index >= 15 is 0 Å². The second-order valence-corrected chi connectivity index (χ2v) is 4.62. The molecule has 0 fully saturated rings. The maximum Gasteiger partial charge on any atom is 0.0471 e. The number of halogens is 1. The van der Waals surface area contributed by atoms with Gasteiger partial charge in [0.2, 0.25) is 0 Å². The van der Waals surface area contributed by atoms with Crippen LogP contribution >= 0.6 is 15.9 Å². The Labute approximate surface area is 91.4 Å². The zero-order valence-electron chi connectivity index (χ0n) is 9.24. The molecule has 13 heavy (non-hydrogen) atoms. The summed E-state index contributed by atoms with van der Waals surface area (Å²) in [7, 11) is 0. The first-order valence-electron chi connectivity index (χ1n) is 5.32. The molecule has 0 aromatic rings. The molecule has 0 bridgehead atoms. The summed E-state index contributed by atoms with van der Waals surface area (Å²) in [5.41, 5.74) is 0.433. The van der Waals surface area contributed by atoms with Crippen LogP contribution in [-0.2, 0) is 4.74 Å².